The van der Waals surface area contributed by atoms with E-state index < -0.39 is 12.7 Å². The number of alkyl halides is 3. The van der Waals surface area contributed by atoms with Crippen molar-refractivity contribution in [2.24, 2.45) is 0 Å². The Morgan fingerprint density at radius 3 is 2.58 bits per heavy atom. The number of nitrogens with one attached hydrogen (secondary N) is 1. The lowest BCUT2D eigenvalue weighted by Crippen LogP contribution is -2.34. The first-order chi connectivity index (χ1) is 8.85. The van der Waals surface area contributed by atoms with Gasteiger partial charge in [-0.3, -0.25) is 4.90 Å². The van der Waals surface area contributed by atoms with Crippen molar-refractivity contribution in [3.05, 3.63) is 23.2 Å². The Bertz CT molecular complexity index is 388. The van der Waals surface area contributed by atoms with E-state index in [1.54, 1.807) is 14.0 Å². The molecule has 1 rings (SSSR count). The van der Waals surface area contributed by atoms with Crippen molar-refractivity contribution in [3.8, 4) is 0 Å². The number of hydrogen-bond acceptors (Lipinski definition) is 3. The Kier molecular flexibility index (Phi) is 5.87. The van der Waals surface area contributed by atoms with E-state index >= 15 is 0 Å². The van der Waals surface area contributed by atoms with E-state index in [1.807, 2.05) is 13.0 Å². The zero-order chi connectivity index (χ0) is 14.5. The summed E-state index contributed by atoms with van der Waals surface area (Å²) >= 11 is 0. The summed E-state index contributed by atoms with van der Waals surface area (Å²) < 4.78 is 42.9. The van der Waals surface area contributed by atoms with Crippen LogP contribution in [0.4, 0.5) is 13.2 Å². The fraction of sp³-hybridized carbons (Fsp3) is 0.692. The van der Waals surface area contributed by atoms with E-state index in [2.05, 4.69) is 5.32 Å². The van der Waals surface area contributed by atoms with Gasteiger partial charge in [0, 0.05) is 12.1 Å². The van der Waals surface area contributed by atoms with Crippen LogP contribution in [0.3, 0.4) is 0 Å². The van der Waals surface area contributed by atoms with Crippen LogP contribution >= 0.6 is 0 Å². The first kappa shape index (κ1) is 16.0. The van der Waals surface area contributed by atoms with Crippen molar-refractivity contribution in [2.75, 3.05) is 20.1 Å². The van der Waals surface area contributed by atoms with Crippen LogP contribution in [0.25, 0.3) is 0 Å². The first-order valence-electron chi connectivity index (χ1n) is 6.37. The van der Waals surface area contributed by atoms with Gasteiger partial charge in [-0.1, -0.05) is 6.92 Å². The van der Waals surface area contributed by atoms with E-state index in [-0.39, 0.29) is 6.54 Å². The minimum absolute atomic E-state index is 0.270. The standard InChI is InChI=1S/C13H21F3N2O/c1-4-5-18(9-13(14,15)16)8-11-6-12(7-17-3)19-10(11)2/h6,17H,4-5,7-9H2,1-3H3. The van der Waals surface area contributed by atoms with Crippen LogP contribution in [-0.2, 0) is 13.1 Å². The Hall–Kier alpha value is -1.01. The normalized spacial score (nSPS) is 12.4. The van der Waals surface area contributed by atoms with Gasteiger partial charge in [-0.2, -0.15) is 13.2 Å². The molecule has 1 heterocycles. The predicted molar refractivity (Wildman–Crippen MR) is 67.8 cm³/mol. The summed E-state index contributed by atoms with van der Waals surface area (Å²) in [6.45, 7) is 4.04. The van der Waals surface area contributed by atoms with Gasteiger partial charge in [-0.25, -0.2) is 0 Å². The molecule has 0 aliphatic rings. The van der Waals surface area contributed by atoms with Crippen LogP contribution in [0.5, 0.6) is 0 Å². The number of aryl methyl sites for hydroxylation is 1. The molecule has 0 bridgehead atoms. The van der Waals surface area contributed by atoms with E-state index in [0.29, 0.717) is 25.3 Å². The third kappa shape index (κ3) is 5.65. The molecule has 19 heavy (non-hydrogen) atoms. The molecule has 3 nitrogen and oxygen atoms in total. The summed E-state index contributed by atoms with van der Waals surface area (Å²) in [6.07, 6.45) is -3.48. The Labute approximate surface area is 111 Å². The van der Waals surface area contributed by atoms with Crippen LogP contribution in [0.15, 0.2) is 10.5 Å². The first-order valence-corrected chi connectivity index (χ1v) is 6.37. The average Bonchev–Trinajstić information content (AvgIpc) is 2.58. The lowest BCUT2D eigenvalue weighted by molar-refractivity contribution is -0.147. The molecule has 1 aromatic rings. The van der Waals surface area contributed by atoms with Crippen molar-refractivity contribution >= 4 is 0 Å². The molecule has 110 valence electrons. The van der Waals surface area contributed by atoms with Gasteiger partial charge in [0.05, 0.1) is 13.1 Å². The molecule has 0 unspecified atom stereocenters. The molecule has 1 N–H and O–H groups in total. The molecule has 0 saturated heterocycles. The third-order valence-electron chi connectivity index (χ3n) is 2.76. The molecule has 0 fully saturated rings. The molecule has 0 amide bonds. The van der Waals surface area contributed by atoms with Crippen molar-refractivity contribution in [1.82, 2.24) is 10.2 Å². The summed E-state index contributed by atoms with van der Waals surface area (Å²) in [5.41, 5.74) is 0.822. The molecule has 1 aromatic heterocycles. The average molecular weight is 278 g/mol. The summed E-state index contributed by atoms with van der Waals surface area (Å²) in [6, 6.07) is 1.82. The lowest BCUT2D eigenvalue weighted by atomic mass is 10.2. The van der Waals surface area contributed by atoms with E-state index in [0.717, 1.165) is 11.3 Å². The number of halogens is 3. The van der Waals surface area contributed by atoms with Crippen molar-refractivity contribution in [3.63, 3.8) is 0 Å². The Morgan fingerprint density at radius 1 is 1.37 bits per heavy atom. The maximum atomic E-state index is 12.5. The summed E-state index contributed by atoms with van der Waals surface area (Å²) in [5.74, 6) is 1.44. The number of rotatable bonds is 7. The lowest BCUT2D eigenvalue weighted by Gasteiger charge is -2.22. The summed E-state index contributed by atoms with van der Waals surface area (Å²) in [5, 5.41) is 2.95. The summed E-state index contributed by atoms with van der Waals surface area (Å²) in [4.78, 5) is 1.40. The third-order valence-corrected chi connectivity index (χ3v) is 2.76. The molecule has 0 spiro atoms. The van der Waals surface area contributed by atoms with E-state index in [9.17, 15) is 13.2 Å². The largest absolute Gasteiger partial charge is 0.465 e. The zero-order valence-corrected chi connectivity index (χ0v) is 11.6. The molecule has 0 aromatic carbocycles. The van der Waals surface area contributed by atoms with E-state index in [1.165, 1.54) is 4.90 Å². The second-order valence-corrected chi connectivity index (χ2v) is 4.65. The van der Waals surface area contributed by atoms with Crippen molar-refractivity contribution in [2.45, 2.75) is 39.5 Å². The van der Waals surface area contributed by atoms with Gasteiger partial charge in [0.1, 0.15) is 11.5 Å². The SMILES string of the molecule is CCCN(Cc1cc(CNC)oc1C)CC(F)(F)F. The molecule has 0 aliphatic carbocycles. The second-order valence-electron chi connectivity index (χ2n) is 4.65. The van der Waals surface area contributed by atoms with Gasteiger partial charge in [-0.05, 0) is 33.0 Å². The van der Waals surface area contributed by atoms with Crippen LogP contribution in [0.2, 0.25) is 0 Å². The van der Waals surface area contributed by atoms with Crippen molar-refractivity contribution < 1.29 is 17.6 Å². The van der Waals surface area contributed by atoms with Crippen LogP contribution in [-0.4, -0.2) is 31.2 Å². The van der Waals surface area contributed by atoms with Gasteiger partial charge < -0.3 is 9.73 Å². The molecule has 0 atom stereocenters. The minimum Gasteiger partial charge on any atom is -0.465 e. The highest BCUT2D eigenvalue weighted by Gasteiger charge is 2.30. The molecule has 0 saturated carbocycles. The fourth-order valence-electron chi connectivity index (χ4n) is 2.03. The Balaban J connectivity index is 2.72. The highest BCUT2D eigenvalue weighted by Crippen LogP contribution is 2.21. The monoisotopic (exact) mass is 278 g/mol. The number of furan rings is 1. The molecular formula is C13H21F3N2O. The van der Waals surface area contributed by atoms with Crippen molar-refractivity contribution in [1.29, 1.82) is 0 Å². The highest BCUT2D eigenvalue weighted by atomic mass is 19.4. The van der Waals surface area contributed by atoms with E-state index in [4.69, 9.17) is 4.42 Å². The second kappa shape index (κ2) is 6.96. The zero-order valence-electron chi connectivity index (χ0n) is 11.6. The van der Waals surface area contributed by atoms with Gasteiger partial charge in [0.25, 0.3) is 0 Å². The summed E-state index contributed by atoms with van der Waals surface area (Å²) in [7, 11) is 1.80. The van der Waals surface area contributed by atoms with Gasteiger partial charge in [-0.15, -0.1) is 0 Å². The topological polar surface area (TPSA) is 28.4 Å². The van der Waals surface area contributed by atoms with Crippen LogP contribution < -0.4 is 5.32 Å². The highest BCUT2D eigenvalue weighted by molar-refractivity contribution is 5.20. The fourth-order valence-corrected chi connectivity index (χ4v) is 2.03. The molecule has 0 aliphatic heterocycles. The molecular weight excluding hydrogens is 257 g/mol. The van der Waals surface area contributed by atoms with Crippen LogP contribution in [0.1, 0.15) is 30.4 Å². The van der Waals surface area contributed by atoms with Crippen LogP contribution in [0, 0.1) is 6.92 Å². The molecule has 0 radical (unpaired) electrons. The van der Waals surface area contributed by atoms with Gasteiger partial charge in [0.2, 0.25) is 0 Å². The predicted octanol–water partition coefficient (Wildman–Crippen LogP) is 3.08. The van der Waals surface area contributed by atoms with Gasteiger partial charge >= 0.3 is 6.18 Å². The Morgan fingerprint density at radius 2 is 2.05 bits per heavy atom. The van der Waals surface area contributed by atoms with Gasteiger partial charge in [0.15, 0.2) is 0 Å². The maximum Gasteiger partial charge on any atom is 0.401 e. The maximum absolute atomic E-state index is 12.5. The molecule has 6 heteroatoms. The quantitative estimate of drug-likeness (QED) is 0.831. The minimum atomic E-state index is -4.17. The number of hydrogen-bond donors (Lipinski definition) is 1. The smallest absolute Gasteiger partial charge is 0.401 e. The number of nitrogens with zero attached hydrogens (tertiary/aromatic N) is 1.